The molecule has 0 aliphatic carbocycles. The smallest absolute Gasteiger partial charge is 0.324 e. The van der Waals surface area contributed by atoms with Gasteiger partial charge in [-0.25, -0.2) is 13.5 Å². The van der Waals surface area contributed by atoms with Gasteiger partial charge in [0.2, 0.25) is 11.9 Å². The Balaban J connectivity index is 2.22. The lowest BCUT2D eigenvalue weighted by Gasteiger charge is -2.16. The predicted molar refractivity (Wildman–Crippen MR) is 65.9 cm³/mol. The molecule has 0 saturated heterocycles. The van der Waals surface area contributed by atoms with E-state index in [2.05, 4.69) is 30.7 Å². The summed E-state index contributed by atoms with van der Waals surface area (Å²) < 4.78 is 51.2. The standard InChI is InChI=1S/C10H11F4N7/c1-15-7-18-8(16-5-10(13,14)6(11)12)20-9(19-7)21-4-2-3-17-21/h2-4,6H,5H2,1H3,(H2,15,16,18,19,20). The highest BCUT2D eigenvalue weighted by Crippen LogP contribution is 2.22. The van der Waals surface area contributed by atoms with E-state index in [4.69, 9.17) is 0 Å². The second-order valence-corrected chi connectivity index (χ2v) is 3.90. The van der Waals surface area contributed by atoms with Crippen molar-refractivity contribution in [2.45, 2.75) is 12.3 Å². The van der Waals surface area contributed by atoms with Crippen molar-refractivity contribution >= 4 is 11.9 Å². The Morgan fingerprint density at radius 1 is 1.24 bits per heavy atom. The molecule has 0 aromatic carbocycles. The molecule has 114 valence electrons. The quantitative estimate of drug-likeness (QED) is 0.786. The normalized spacial score (nSPS) is 11.7. The summed E-state index contributed by atoms with van der Waals surface area (Å²) in [5, 5.41) is 8.56. The summed E-state index contributed by atoms with van der Waals surface area (Å²) in [4.78, 5) is 11.6. The van der Waals surface area contributed by atoms with Crippen molar-refractivity contribution in [2.75, 3.05) is 24.2 Å². The van der Waals surface area contributed by atoms with E-state index in [0.717, 1.165) is 0 Å². The summed E-state index contributed by atoms with van der Waals surface area (Å²) >= 11 is 0. The number of nitrogens with one attached hydrogen (secondary N) is 2. The maximum Gasteiger partial charge on any atom is 0.324 e. The maximum absolute atomic E-state index is 12.9. The molecule has 0 radical (unpaired) electrons. The molecule has 7 nitrogen and oxygen atoms in total. The van der Waals surface area contributed by atoms with Gasteiger partial charge in [-0.1, -0.05) is 0 Å². The van der Waals surface area contributed by atoms with Gasteiger partial charge in [-0.15, -0.1) is 0 Å². The molecule has 2 aromatic heterocycles. The van der Waals surface area contributed by atoms with Gasteiger partial charge in [-0.3, -0.25) is 0 Å². The van der Waals surface area contributed by atoms with Crippen molar-refractivity contribution < 1.29 is 17.6 Å². The SMILES string of the molecule is CNc1nc(NCC(F)(F)C(F)F)nc(-n2cccn2)n1. The van der Waals surface area contributed by atoms with Gasteiger partial charge in [0.15, 0.2) is 0 Å². The second kappa shape index (κ2) is 5.89. The monoisotopic (exact) mass is 305 g/mol. The van der Waals surface area contributed by atoms with Crippen molar-refractivity contribution in [1.29, 1.82) is 0 Å². The molecule has 2 aromatic rings. The number of anilines is 2. The third-order valence-corrected chi connectivity index (χ3v) is 2.36. The Bertz CT molecular complexity index is 587. The molecule has 0 atom stereocenters. The summed E-state index contributed by atoms with van der Waals surface area (Å²) in [6, 6.07) is 1.61. The van der Waals surface area contributed by atoms with Crippen LogP contribution < -0.4 is 10.6 Å². The minimum Gasteiger partial charge on any atom is -0.357 e. The zero-order chi connectivity index (χ0) is 15.5. The first-order chi connectivity index (χ1) is 9.92. The molecule has 2 heterocycles. The van der Waals surface area contributed by atoms with Crippen LogP contribution in [0.4, 0.5) is 29.5 Å². The molecule has 0 amide bonds. The molecule has 0 aliphatic heterocycles. The largest absolute Gasteiger partial charge is 0.357 e. The number of hydrogen-bond donors (Lipinski definition) is 2. The number of hydrogen-bond acceptors (Lipinski definition) is 6. The Hall–Kier alpha value is -2.46. The van der Waals surface area contributed by atoms with Gasteiger partial charge in [-0.05, 0) is 6.07 Å². The lowest BCUT2D eigenvalue weighted by molar-refractivity contribution is -0.117. The van der Waals surface area contributed by atoms with E-state index in [1.54, 1.807) is 6.07 Å². The van der Waals surface area contributed by atoms with E-state index in [0.29, 0.717) is 0 Å². The van der Waals surface area contributed by atoms with Crippen molar-refractivity contribution in [3.63, 3.8) is 0 Å². The summed E-state index contributed by atoms with van der Waals surface area (Å²) in [5.41, 5.74) is 0. The highest BCUT2D eigenvalue weighted by molar-refractivity contribution is 5.37. The van der Waals surface area contributed by atoms with E-state index in [-0.39, 0.29) is 17.8 Å². The molecular formula is C10H11F4N7. The summed E-state index contributed by atoms with van der Waals surface area (Å²) in [7, 11) is 1.51. The first-order valence-corrected chi connectivity index (χ1v) is 5.76. The Morgan fingerprint density at radius 2 is 1.95 bits per heavy atom. The van der Waals surface area contributed by atoms with Crippen LogP contribution in [0.5, 0.6) is 0 Å². The van der Waals surface area contributed by atoms with Crippen molar-refractivity contribution in [3.05, 3.63) is 18.5 Å². The minimum atomic E-state index is -4.18. The van der Waals surface area contributed by atoms with Crippen LogP contribution in [0.15, 0.2) is 18.5 Å². The summed E-state index contributed by atoms with van der Waals surface area (Å²) in [6.45, 7) is -1.30. The van der Waals surface area contributed by atoms with Crippen LogP contribution in [0.25, 0.3) is 5.95 Å². The molecular weight excluding hydrogens is 294 g/mol. The van der Waals surface area contributed by atoms with Gasteiger partial charge < -0.3 is 10.6 Å². The summed E-state index contributed by atoms with van der Waals surface area (Å²) in [5.74, 6) is -4.31. The van der Waals surface area contributed by atoms with Crippen LogP contribution in [0.2, 0.25) is 0 Å². The topological polar surface area (TPSA) is 80.5 Å². The molecule has 0 saturated carbocycles. The van der Waals surface area contributed by atoms with Crippen LogP contribution in [0.3, 0.4) is 0 Å². The molecule has 2 rings (SSSR count). The number of aromatic nitrogens is 5. The molecule has 11 heteroatoms. The molecule has 0 bridgehead atoms. The summed E-state index contributed by atoms with van der Waals surface area (Å²) in [6.07, 6.45) is -0.770. The van der Waals surface area contributed by atoms with Crippen LogP contribution in [0.1, 0.15) is 0 Å². The lowest BCUT2D eigenvalue weighted by atomic mass is 10.3. The third kappa shape index (κ3) is 3.55. The van der Waals surface area contributed by atoms with E-state index < -0.39 is 18.9 Å². The molecule has 0 fully saturated rings. The Morgan fingerprint density at radius 3 is 2.52 bits per heavy atom. The van der Waals surface area contributed by atoms with Crippen LogP contribution in [0, 0.1) is 0 Å². The fraction of sp³-hybridized carbons (Fsp3) is 0.400. The van der Waals surface area contributed by atoms with Gasteiger partial charge in [0.25, 0.3) is 5.95 Å². The average molecular weight is 305 g/mol. The fourth-order valence-electron chi connectivity index (χ4n) is 1.32. The van der Waals surface area contributed by atoms with Crippen molar-refractivity contribution in [3.8, 4) is 5.95 Å². The van der Waals surface area contributed by atoms with Crippen LogP contribution >= 0.6 is 0 Å². The van der Waals surface area contributed by atoms with Gasteiger partial charge in [0, 0.05) is 19.4 Å². The minimum absolute atomic E-state index is 0.0576. The van der Waals surface area contributed by atoms with E-state index >= 15 is 0 Å². The zero-order valence-electron chi connectivity index (χ0n) is 10.8. The molecule has 2 N–H and O–H groups in total. The van der Waals surface area contributed by atoms with Gasteiger partial charge >= 0.3 is 12.3 Å². The number of halogens is 4. The van der Waals surface area contributed by atoms with Gasteiger partial charge in [0.1, 0.15) is 0 Å². The zero-order valence-corrected chi connectivity index (χ0v) is 10.8. The molecule has 0 spiro atoms. The van der Waals surface area contributed by atoms with E-state index in [9.17, 15) is 17.6 Å². The van der Waals surface area contributed by atoms with Crippen molar-refractivity contribution in [1.82, 2.24) is 24.7 Å². The first kappa shape index (κ1) is 14.9. The Kier molecular flexibility index (Phi) is 4.19. The fourth-order valence-corrected chi connectivity index (χ4v) is 1.32. The maximum atomic E-state index is 12.9. The highest BCUT2D eigenvalue weighted by Gasteiger charge is 2.40. The van der Waals surface area contributed by atoms with Gasteiger partial charge in [-0.2, -0.15) is 28.8 Å². The van der Waals surface area contributed by atoms with Gasteiger partial charge in [0.05, 0.1) is 6.54 Å². The van der Waals surface area contributed by atoms with Crippen LogP contribution in [-0.2, 0) is 0 Å². The third-order valence-electron chi connectivity index (χ3n) is 2.36. The highest BCUT2D eigenvalue weighted by atomic mass is 19.3. The molecule has 0 unspecified atom stereocenters. The lowest BCUT2D eigenvalue weighted by Crippen LogP contribution is -2.35. The first-order valence-electron chi connectivity index (χ1n) is 5.76. The molecule has 21 heavy (non-hydrogen) atoms. The molecule has 0 aliphatic rings. The second-order valence-electron chi connectivity index (χ2n) is 3.90. The van der Waals surface area contributed by atoms with E-state index in [1.165, 1.54) is 24.1 Å². The number of alkyl halides is 4. The van der Waals surface area contributed by atoms with E-state index in [1.807, 2.05) is 0 Å². The number of rotatable bonds is 6. The van der Waals surface area contributed by atoms with Crippen LogP contribution in [-0.4, -0.2) is 50.7 Å². The van der Waals surface area contributed by atoms with Crippen molar-refractivity contribution in [2.24, 2.45) is 0 Å². The average Bonchev–Trinajstić information content (AvgIpc) is 2.99. The predicted octanol–water partition coefficient (Wildman–Crippen LogP) is 1.41. The Labute approximate surface area is 116 Å². The number of nitrogens with zero attached hydrogens (tertiary/aromatic N) is 5.